The highest BCUT2D eigenvalue weighted by Gasteiger charge is 2.13. The number of aromatic nitrogens is 1. The average molecular weight is 283 g/mol. The van der Waals surface area contributed by atoms with Crippen LogP contribution in [0.3, 0.4) is 0 Å². The van der Waals surface area contributed by atoms with E-state index in [0.29, 0.717) is 17.9 Å². The zero-order chi connectivity index (χ0) is 13.9. The molecular formula is C16H13NO2S. The van der Waals surface area contributed by atoms with Crippen molar-refractivity contribution in [1.29, 1.82) is 0 Å². The second-order valence-corrected chi connectivity index (χ2v) is 5.21. The molecule has 4 heteroatoms. The molecule has 0 aliphatic heterocycles. The summed E-state index contributed by atoms with van der Waals surface area (Å²) < 4.78 is 5.88. The standard InChI is InChI=1S/C16H13NO2S/c1-11(18)14-7-6-12-4-2-3-5-15(12)16(14)19-8-13-9-20-10-17-13/h2-7,9-10H,8H2,1H3. The van der Waals surface area contributed by atoms with Crippen LogP contribution in [0.25, 0.3) is 10.8 Å². The Morgan fingerprint density at radius 3 is 2.85 bits per heavy atom. The summed E-state index contributed by atoms with van der Waals surface area (Å²) >= 11 is 1.53. The summed E-state index contributed by atoms with van der Waals surface area (Å²) in [4.78, 5) is 16.0. The van der Waals surface area contributed by atoms with Gasteiger partial charge in [-0.3, -0.25) is 4.79 Å². The van der Waals surface area contributed by atoms with E-state index in [-0.39, 0.29) is 5.78 Å². The van der Waals surface area contributed by atoms with E-state index in [1.807, 2.05) is 41.8 Å². The second kappa shape index (κ2) is 5.43. The fraction of sp³-hybridized carbons (Fsp3) is 0.125. The van der Waals surface area contributed by atoms with Gasteiger partial charge in [0.05, 0.1) is 16.8 Å². The lowest BCUT2D eigenvalue weighted by Crippen LogP contribution is -2.02. The van der Waals surface area contributed by atoms with E-state index in [4.69, 9.17) is 4.74 Å². The number of carbonyl (C=O) groups excluding carboxylic acids is 1. The molecule has 0 aliphatic carbocycles. The lowest BCUT2D eigenvalue weighted by atomic mass is 10.0. The van der Waals surface area contributed by atoms with Crippen LogP contribution in [0, 0.1) is 0 Å². The monoisotopic (exact) mass is 283 g/mol. The molecule has 0 radical (unpaired) electrons. The van der Waals surface area contributed by atoms with Gasteiger partial charge in [0.15, 0.2) is 5.78 Å². The van der Waals surface area contributed by atoms with Gasteiger partial charge in [-0.15, -0.1) is 11.3 Å². The number of carbonyl (C=O) groups is 1. The fourth-order valence-corrected chi connectivity index (χ4v) is 2.67. The van der Waals surface area contributed by atoms with Gasteiger partial charge in [-0.1, -0.05) is 30.3 Å². The number of benzene rings is 2. The average Bonchev–Trinajstić information content (AvgIpc) is 2.97. The van der Waals surface area contributed by atoms with Gasteiger partial charge in [0.25, 0.3) is 0 Å². The lowest BCUT2D eigenvalue weighted by molar-refractivity contribution is 0.101. The minimum atomic E-state index is 0.00373. The van der Waals surface area contributed by atoms with Crippen molar-refractivity contribution < 1.29 is 9.53 Å². The van der Waals surface area contributed by atoms with E-state index in [1.54, 1.807) is 12.4 Å². The summed E-state index contributed by atoms with van der Waals surface area (Å²) in [6.07, 6.45) is 0. The molecule has 0 bridgehead atoms. The summed E-state index contributed by atoms with van der Waals surface area (Å²) in [7, 11) is 0. The number of Topliss-reactive ketones (excluding diaryl/α,β-unsaturated/α-hetero) is 1. The third-order valence-electron chi connectivity index (χ3n) is 3.11. The third kappa shape index (κ3) is 2.42. The van der Waals surface area contributed by atoms with Crippen molar-refractivity contribution in [2.45, 2.75) is 13.5 Å². The molecule has 0 N–H and O–H groups in total. The zero-order valence-corrected chi connectivity index (χ0v) is 11.8. The van der Waals surface area contributed by atoms with Crippen molar-refractivity contribution in [1.82, 2.24) is 4.98 Å². The Labute approximate surface area is 120 Å². The Hall–Kier alpha value is -2.20. The summed E-state index contributed by atoms with van der Waals surface area (Å²) in [5, 5.41) is 3.96. The molecule has 20 heavy (non-hydrogen) atoms. The maximum absolute atomic E-state index is 11.8. The predicted molar refractivity (Wildman–Crippen MR) is 80.4 cm³/mol. The van der Waals surface area contributed by atoms with E-state index in [9.17, 15) is 4.79 Å². The largest absolute Gasteiger partial charge is 0.486 e. The van der Waals surface area contributed by atoms with Crippen LogP contribution in [0.5, 0.6) is 5.75 Å². The van der Waals surface area contributed by atoms with Gasteiger partial charge in [-0.05, 0) is 18.4 Å². The lowest BCUT2D eigenvalue weighted by Gasteiger charge is -2.12. The Bertz CT molecular complexity index is 750. The molecule has 3 rings (SSSR count). The molecule has 2 aromatic carbocycles. The molecule has 0 fully saturated rings. The number of nitrogens with zero attached hydrogens (tertiary/aromatic N) is 1. The Morgan fingerprint density at radius 2 is 2.10 bits per heavy atom. The van der Waals surface area contributed by atoms with Crippen molar-refractivity contribution in [3.63, 3.8) is 0 Å². The van der Waals surface area contributed by atoms with Crippen LogP contribution in [0.4, 0.5) is 0 Å². The predicted octanol–water partition coefficient (Wildman–Crippen LogP) is 4.08. The summed E-state index contributed by atoms with van der Waals surface area (Å²) in [5.41, 5.74) is 3.25. The molecular weight excluding hydrogens is 270 g/mol. The second-order valence-electron chi connectivity index (χ2n) is 4.49. The fourth-order valence-electron chi connectivity index (χ4n) is 2.13. The number of thiazole rings is 1. The highest BCUT2D eigenvalue weighted by molar-refractivity contribution is 7.07. The van der Waals surface area contributed by atoms with Crippen LogP contribution >= 0.6 is 11.3 Å². The highest BCUT2D eigenvalue weighted by Crippen LogP contribution is 2.30. The van der Waals surface area contributed by atoms with E-state index in [0.717, 1.165) is 16.5 Å². The maximum Gasteiger partial charge on any atom is 0.163 e. The molecule has 0 saturated carbocycles. The summed E-state index contributed by atoms with van der Waals surface area (Å²) in [6.45, 7) is 1.93. The topological polar surface area (TPSA) is 39.2 Å². The van der Waals surface area contributed by atoms with Gasteiger partial charge in [-0.25, -0.2) is 4.98 Å². The Morgan fingerprint density at radius 1 is 1.25 bits per heavy atom. The SMILES string of the molecule is CC(=O)c1ccc2ccccc2c1OCc1cscn1. The first-order chi connectivity index (χ1) is 9.75. The van der Waals surface area contributed by atoms with Crippen LogP contribution in [-0.2, 0) is 6.61 Å². The first kappa shape index (κ1) is 12.8. The molecule has 0 unspecified atom stereocenters. The van der Waals surface area contributed by atoms with Crippen molar-refractivity contribution in [2.24, 2.45) is 0 Å². The maximum atomic E-state index is 11.8. The summed E-state index contributed by atoms with van der Waals surface area (Å²) in [6, 6.07) is 11.7. The number of ketones is 1. The molecule has 0 saturated heterocycles. The third-order valence-corrected chi connectivity index (χ3v) is 3.74. The number of fused-ring (bicyclic) bond motifs is 1. The van der Waals surface area contributed by atoms with Crippen LogP contribution in [0.1, 0.15) is 23.0 Å². The smallest absolute Gasteiger partial charge is 0.163 e. The number of ether oxygens (including phenoxy) is 1. The van der Waals surface area contributed by atoms with E-state index >= 15 is 0 Å². The van der Waals surface area contributed by atoms with Crippen LogP contribution in [0.15, 0.2) is 47.3 Å². The first-order valence-corrected chi connectivity index (χ1v) is 7.22. The molecule has 1 aromatic heterocycles. The van der Waals surface area contributed by atoms with Crippen LogP contribution < -0.4 is 4.74 Å². The molecule has 100 valence electrons. The molecule has 0 atom stereocenters. The summed E-state index contributed by atoms with van der Waals surface area (Å²) in [5.74, 6) is 0.646. The molecule has 1 heterocycles. The number of hydrogen-bond acceptors (Lipinski definition) is 4. The van der Waals surface area contributed by atoms with Gasteiger partial charge >= 0.3 is 0 Å². The van der Waals surface area contributed by atoms with Crippen LogP contribution in [0.2, 0.25) is 0 Å². The van der Waals surface area contributed by atoms with Crippen molar-refractivity contribution >= 4 is 27.9 Å². The molecule has 3 nitrogen and oxygen atoms in total. The van der Waals surface area contributed by atoms with E-state index < -0.39 is 0 Å². The minimum Gasteiger partial charge on any atom is -0.486 e. The van der Waals surface area contributed by atoms with Gasteiger partial charge in [-0.2, -0.15) is 0 Å². The van der Waals surface area contributed by atoms with Crippen molar-refractivity contribution in [3.05, 3.63) is 58.5 Å². The molecule has 0 spiro atoms. The van der Waals surface area contributed by atoms with Crippen LogP contribution in [-0.4, -0.2) is 10.8 Å². The normalized spacial score (nSPS) is 10.7. The number of hydrogen-bond donors (Lipinski definition) is 0. The minimum absolute atomic E-state index is 0.00373. The molecule has 0 amide bonds. The highest BCUT2D eigenvalue weighted by atomic mass is 32.1. The van der Waals surface area contributed by atoms with Crippen molar-refractivity contribution in [3.8, 4) is 5.75 Å². The number of rotatable bonds is 4. The Kier molecular flexibility index (Phi) is 3.48. The van der Waals surface area contributed by atoms with Crippen molar-refractivity contribution in [2.75, 3.05) is 0 Å². The van der Waals surface area contributed by atoms with Gasteiger partial charge in [0, 0.05) is 10.8 Å². The zero-order valence-electron chi connectivity index (χ0n) is 11.0. The molecule has 3 aromatic rings. The van der Waals surface area contributed by atoms with E-state index in [2.05, 4.69) is 4.98 Å². The Balaban J connectivity index is 2.05. The van der Waals surface area contributed by atoms with Gasteiger partial charge in [0.2, 0.25) is 0 Å². The first-order valence-electron chi connectivity index (χ1n) is 6.28. The van der Waals surface area contributed by atoms with Gasteiger partial charge < -0.3 is 4.74 Å². The quantitative estimate of drug-likeness (QED) is 0.677. The van der Waals surface area contributed by atoms with Gasteiger partial charge in [0.1, 0.15) is 12.4 Å². The van der Waals surface area contributed by atoms with E-state index in [1.165, 1.54) is 11.3 Å². The molecule has 0 aliphatic rings.